The highest BCUT2D eigenvalue weighted by Crippen LogP contribution is 2.28. The molecule has 2 aliphatic rings. The van der Waals surface area contributed by atoms with E-state index in [4.69, 9.17) is 4.74 Å². The minimum absolute atomic E-state index is 0.261. The highest BCUT2D eigenvalue weighted by atomic mass is 16.5. The quantitative estimate of drug-likeness (QED) is 0.833. The van der Waals surface area contributed by atoms with Gasteiger partial charge in [-0.05, 0) is 37.1 Å². The van der Waals surface area contributed by atoms with Crippen LogP contribution in [-0.2, 0) is 4.79 Å². The van der Waals surface area contributed by atoms with Crippen LogP contribution in [0, 0.1) is 5.92 Å². The lowest BCUT2D eigenvalue weighted by atomic mass is 10.1. The number of hydrogen-bond acceptors (Lipinski definition) is 5. The molecule has 2 aromatic rings. The van der Waals surface area contributed by atoms with Crippen molar-refractivity contribution in [2.75, 3.05) is 38.2 Å². The molecular weight excluding hydrogens is 340 g/mol. The van der Waals surface area contributed by atoms with E-state index in [0.717, 1.165) is 61.8 Å². The second kappa shape index (κ2) is 7.94. The topological polar surface area (TPSA) is 58.6 Å². The first-order valence-electron chi connectivity index (χ1n) is 9.75. The fraction of sp³-hybridized carbons (Fsp3) is 0.476. The Morgan fingerprint density at radius 1 is 1.04 bits per heavy atom. The number of benzene rings is 1. The second-order valence-corrected chi connectivity index (χ2v) is 7.28. The number of ether oxygens (including phenoxy) is 1. The maximum Gasteiger partial charge on any atom is 0.225 e. The minimum Gasteiger partial charge on any atom is -0.497 e. The predicted octanol–water partition coefficient (Wildman–Crippen LogP) is 2.99. The molecule has 0 radical (unpaired) electrons. The van der Waals surface area contributed by atoms with E-state index in [1.165, 1.54) is 12.8 Å². The number of methoxy groups -OCH3 is 1. The molecule has 0 unspecified atom stereocenters. The van der Waals surface area contributed by atoms with Crippen LogP contribution in [0.3, 0.4) is 0 Å². The Morgan fingerprint density at radius 3 is 2.41 bits per heavy atom. The third kappa shape index (κ3) is 3.89. The van der Waals surface area contributed by atoms with Crippen LogP contribution < -0.4 is 9.64 Å². The summed E-state index contributed by atoms with van der Waals surface area (Å²) in [5, 5.41) is 0. The lowest BCUT2D eigenvalue weighted by Crippen LogP contribution is -2.50. The van der Waals surface area contributed by atoms with Gasteiger partial charge in [-0.15, -0.1) is 0 Å². The van der Waals surface area contributed by atoms with Crippen molar-refractivity contribution in [1.82, 2.24) is 14.9 Å². The van der Waals surface area contributed by atoms with E-state index < -0.39 is 0 Å². The van der Waals surface area contributed by atoms with Crippen molar-refractivity contribution >= 4 is 11.7 Å². The van der Waals surface area contributed by atoms with Crippen LogP contribution in [0.2, 0.25) is 0 Å². The van der Waals surface area contributed by atoms with Crippen LogP contribution in [0.1, 0.15) is 25.7 Å². The number of rotatable bonds is 4. The number of anilines is 1. The molecule has 6 nitrogen and oxygen atoms in total. The lowest BCUT2D eigenvalue weighted by Gasteiger charge is -2.36. The van der Waals surface area contributed by atoms with Gasteiger partial charge in [0.2, 0.25) is 5.91 Å². The van der Waals surface area contributed by atoms with E-state index in [1.54, 1.807) is 13.4 Å². The Hall–Kier alpha value is -2.63. The van der Waals surface area contributed by atoms with Crippen molar-refractivity contribution in [2.45, 2.75) is 25.7 Å². The first-order valence-corrected chi connectivity index (χ1v) is 9.75. The third-order valence-corrected chi connectivity index (χ3v) is 5.66. The zero-order chi connectivity index (χ0) is 18.6. The Morgan fingerprint density at radius 2 is 1.74 bits per heavy atom. The average Bonchev–Trinajstić information content (AvgIpc) is 3.28. The molecule has 4 rings (SSSR count). The predicted molar refractivity (Wildman–Crippen MR) is 105 cm³/mol. The Balaban J connectivity index is 1.41. The number of nitrogens with zero attached hydrogens (tertiary/aromatic N) is 4. The summed E-state index contributed by atoms with van der Waals surface area (Å²) >= 11 is 0. The summed E-state index contributed by atoms with van der Waals surface area (Å²) in [4.78, 5) is 25.8. The van der Waals surface area contributed by atoms with E-state index in [9.17, 15) is 4.79 Å². The molecule has 27 heavy (non-hydrogen) atoms. The Kier molecular flexibility index (Phi) is 5.23. The fourth-order valence-corrected chi connectivity index (χ4v) is 4.03. The monoisotopic (exact) mass is 366 g/mol. The summed E-state index contributed by atoms with van der Waals surface area (Å²) in [6, 6.07) is 9.90. The molecule has 2 fully saturated rings. The maximum absolute atomic E-state index is 12.6. The molecular formula is C21H26N4O2. The normalized spacial score (nSPS) is 18.0. The van der Waals surface area contributed by atoms with Gasteiger partial charge >= 0.3 is 0 Å². The van der Waals surface area contributed by atoms with Crippen LogP contribution >= 0.6 is 0 Å². The number of piperazine rings is 1. The number of aromatic nitrogens is 2. The smallest absolute Gasteiger partial charge is 0.225 e. The standard InChI is InChI=1S/C21H26N4O2/c1-27-18-8-6-16(7-9-18)19-14-20(23-15-22-19)24-10-12-25(13-11-24)21(26)17-4-2-3-5-17/h6-9,14-15,17H,2-5,10-13H2,1H3. The molecule has 1 aromatic carbocycles. The molecule has 1 saturated carbocycles. The van der Waals surface area contributed by atoms with Gasteiger partial charge in [-0.1, -0.05) is 12.8 Å². The molecule has 142 valence electrons. The summed E-state index contributed by atoms with van der Waals surface area (Å²) in [6.07, 6.45) is 6.15. The van der Waals surface area contributed by atoms with E-state index >= 15 is 0 Å². The molecule has 0 N–H and O–H groups in total. The molecule has 0 atom stereocenters. The first-order chi connectivity index (χ1) is 13.2. The molecule has 2 heterocycles. The summed E-state index contributed by atoms with van der Waals surface area (Å²) in [7, 11) is 1.66. The van der Waals surface area contributed by atoms with Gasteiger partial charge in [0, 0.05) is 43.7 Å². The zero-order valence-corrected chi connectivity index (χ0v) is 15.8. The molecule has 0 spiro atoms. The van der Waals surface area contributed by atoms with Crippen molar-refractivity contribution < 1.29 is 9.53 Å². The van der Waals surface area contributed by atoms with E-state index in [0.29, 0.717) is 5.91 Å². The third-order valence-electron chi connectivity index (χ3n) is 5.66. The summed E-state index contributed by atoms with van der Waals surface area (Å²) in [5.41, 5.74) is 1.93. The SMILES string of the molecule is COc1ccc(-c2cc(N3CCN(C(=O)C4CCCC4)CC3)ncn2)cc1. The Labute approximate surface area is 160 Å². The molecule has 1 aliphatic heterocycles. The lowest BCUT2D eigenvalue weighted by molar-refractivity contribution is -0.135. The van der Waals surface area contributed by atoms with Crippen molar-refractivity contribution in [1.29, 1.82) is 0 Å². The molecule has 1 aromatic heterocycles. The van der Waals surface area contributed by atoms with Crippen LogP contribution in [-0.4, -0.2) is 54.1 Å². The van der Waals surface area contributed by atoms with Crippen molar-refractivity contribution in [3.63, 3.8) is 0 Å². The molecule has 1 amide bonds. The van der Waals surface area contributed by atoms with Gasteiger partial charge in [0.15, 0.2) is 0 Å². The van der Waals surface area contributed by atoms with Crippen molar-refractivity contribution in [3.05, 3.63) is 36.7 Å². The fourth-order valence-electron chi connectivity index (χ4n) is 4.03. The van der Waals surface area contributed by atoms with Crippen molar-refractivity contribution in [3.8, 4) is 17.0 Å². The van der Waals surface area contributed by atoms with E-state index in [-0.39, 0.29) is 5.92 Å². The largest absolute Gasteiger partial charge is 0.497 e. The molecule has 1 saturated heterocycles. The number of carbonyl (C=O) groups excluding carboxylic acids is 1. The number of carbonyl (C=O) groups is 1. The van der Waals surface area contributed by atoms with Gasteiger partial charge in [-0.25, -0.2) is 9.97 Å². The van der Waals surface area contributed by atoms with Crippen molar-refractivity contribution in [2.24, 2.45) is 5.92 Å². The van der Waals surface area contributed by atoms with Crippen LogP contribution in [0.5, 0.6) is 5.75 Å². The molecule has 6 heteroatoms. The van der Waals surface area contributed by atoms with Crippen LogP contribution in [0.15, 0.2) is 36.7 Å². The number of amides is 1. The first kappa shape index (κ1) is 17.8. The van der Waals surface area contributed by atoms with E-state index in [1.807, 2.05) is 35.2 Å². The number of hydrogen-bond donors (Lipinski definition) is 0. The van der Waals surface area contributed by atoms with Gasteiger partial charge in [-0.3, -0.25) is 4.79 Å². The summed E-state index contributed by atoms with van der Waals surface area (Å²) in [5.74, 6) is 2.37. The highest BCUT2D eigenvalue weighted by molar-refractivity contribution is 5.79. The van der Waals surface area contributed by atoms with Gasteiger partial charge < -0.3 is 14.5 Å². The summed E-state index contributed by atoms with van der Waals surface area (Å²) < 4.78 is 5.22. The second-order valence-electron chi connectivity index (χ2n) is 7.28. The highest BCUT2D eigenvalue weighted by Gasteiger charge is 2.29. The van der Waals surface area contributed by atoms with Gasteiger partial charge in [-0.2, -0.15) is 0 Å². The van der Waals surface area contributed by atoms with Gasteiger partial charge in [0.25, 0.3) is 0 Å². The van der Waals surface area contributed by atoms with Crippen LogP contribution in [0.4, 0.5) is 5.82 Å². The van der Waals surface area contributed by atoms with Gasteiger partial charge in [0.05, 0.1) is 12.8 Å². The summed E-state index contributed by atoms with van der Waals surface area (Å²) in [6.45, 7) is 3.18. The molecule has 0 bridgehead atoms. The Bertz CT molecular complexity index is 779. The van der Waals surface area contributed by atoms with Crippen LogP contribution in [0.25, 0.3) is 11.3 Å². The maximum atomic E-state index is 12.6. The van der Waals surface area contributed by atoms with Gasteiger partial charge in [0.1, 0.15) is 17.9 Å². The average molecular weight is 366 g/mol. The minimum atomic E-state index is 0.261. The van der Waals surface area contributed by atoms with E-state index in [2.05, 4.69) is 14.9 Å². The zero-order valence-electron chi connectivity index (χ0n) is 15.8. The molecule has 1 aliphatic carbocycles.